The van der Waals surface area contributed by atoms with Gasteiger partial charge in [0.1, 0.15) is 0 Å². The SMILES string of the molecule is CCN1CCNC(CCCCN2CCCN(CC)C2)C1. The third-order valence-electron chi connectivity index (χ3n) is 4.86. The number of unbranched alkanes of at least 4 members (excludes halogenated alkanes) is 1. The third-order valence-corrected chi connectivity index (χ3v) is 4.86. The Morgan fingerprint density at radius 1 is 0.950 bits per heavy atom. The van der Waals surface area contributed by atoms with Crippen LogP contribution >= 0.6 is 0 Å². The van der Waals surface area contributed by atoms with Crippen molar-refractivity contribution in [2.75, 3.05) is 59.0 Å². The van der Waals surface area contributed by atoms with Crippen LogP contribution in [0.5, 0.6) is 0 Å². The Hall–Kier alpha value is -0.160. The molecule has 4 heteroatoms. The molecule has 118 valence electrons. The fourth-order valence-electron chi connectivity index (χ4n) is 3.48. The molecular weight excluding hydrogens is 248 g/mol. The summed E-state index contributed by atoms with van der Waals surface area (Å²) in [6.45, 7) is 15.7. The second-order valence-electron chi connectivity index (χ2n) is 6.36. The van der Waals surface area contributed by atoms with Crippen molar-refractivity contribution in [3.8, 4) is 0 Å². The van der Waals surface area contributed by atoms with E-state index in [9.17, 15) is 0 Å². The first-order valence-electron chi connectivity index (χ1n) is 8.72. The Labute approximate surface area is 125 Å². The maximum absolute atomic E-state index is 3.67. The number of piperazine rings is 1. The van der Waals surface area contributed by atoms with E-state index in [1.54, 1.807) is 0 Å². The molecule has 2 aliphatic rings. The van der Waals surface area contributed by atoms with Gasteiger partial charge in [-0.15, -0.1) is 0 Å². The lowest BCUT2D eigenvalue weighted by atomic mass is 10.1. The summed E-state index contributed by atoms with van der Waals surface area (Å²) in [4.78, 5) is 7.77. The van der Waals surface area contributed by atoms with E-state index in [0.29, 0.717) is 0 Å². The van der Waals surface area contributed by atoms with Crippen molar-refractivity contribution in [2.45, 2.75) is 45.6 Å². The van der Waals surface area contributed by atoms with E-state index in [2.05, 4.69) is 33.9 Å². The molecule has 0 radical (unpaired) electrons. The summed E-state index contributed by atoms with van der Waals surface area (Å²) in [5.74, 6) is 0. The van der Waals surface area contributed by atoms with E-state index >= 15 is 0 Å². The fourth-order valence-corrected chi connectivity index (χ4v) is 3.48. The van der Waals surface area contributed by atoms with Crippen LogP contribution < -0.4 is 5.32 Å². The topological polar surface area (TPSA) is 21.8 Å². The second-order valence-corrected chi connectivity index (χ2v) is 6.36. The van der Waals surface area contributed by atoms with E-state index in [0.717, 1.165) is 6.04 Å². The van der Waals surface area contributed by atoms with Gasteiger partial charge < -0.3 is 10.2 Å². The van der Waals surface area contributed by atoms with Gasteiger partial charge in [-0.05, 0) is 38.9 Å². The van der Waals surface area contributed by atoms with Crippen molar-refractivity contribution in [2.24, 2.45) is 0 Å². The molecule has 0 spiro atoms. The summed E-state index contributed by atoms with van der Waals surface area (Å²) in [6, 6.07) is 0.734. The predicted octanol–water partition coefficient (Wildman–Crippen LogP) is 1.44. The Balaban J connectivity index is 1.54. The third kappa shape index (κ3) is 5.32. The van der Waals surface area contributed by atoms with Gasteiger partial charge in [0.05, 0.1) is 6.67 Å². The molecule has 2 fully saturated rings. The van der Waals surface area contributed by atoms with Crippen molar-refractivity contribution in [3.05, 3.63) is 0 Å². The van der Waals surface area contributed by atoms with Crippen LogP contribution in [-0.2, 0) is 0 Å². The molecule has 0 amide bonds. The lowest BCUT2D eigenvalue weighted by Crippen LogP contribution is -2.50. The molecule has 0 saturated carbocycles. The largest absolute Gasteiger partial charge is 0.311 e. The van der Waals surface area contributed by atoms with E-state index in [-0.39, 0.29) is 0 Å². The summed E-state index contributed by atoms with van der Waals surface area (Å²) in [5, 5.41) is 3.67. The van der Waals surface area contributed by atoms with Crippen LogP contribution in [0.2, 0.25) is 0 Å². The number of hydrogen-bond donors (Lipinski definition) is 1. The Bertz CT molecular complexity index is 233. The molecule has 4 nitrogen and oxygen atoms in total. The maximum Gasteiger partial charge on any atom is 0.0506 e. The number of hydrogen-bond acceptors (Lipinski definition) is 4. The minimum atomic E-state index is 0.734. The molecular formula is C16H34N4. The van der Waals surface area contributed by atoms with Crippen molar-refractivity contribution in [3.63, 3.8) is 0 Å². The maximum atomic E-state index is 3.67. The number of likely N-dealkylation sites (N-methyl/N-ethyl adjacent to an activating group) is 1. The van der Waals surface area contributed by atoms with Gasteiger partial charge in [0.25, 0.3) is 0 Å². The Morgan fingerprint density at radius 3 is 2.55 bits per heavy atom. The molecule has 1 N–H and O–H groups in total. The van der Waals surface area contributed by atoms with Crippen molar-refractivity contribution >= 4 is 0 Å². The molecule has 1 atom stereocenters. The molecule has 2 rings (SSSR count). The summed E-state index contributed by atoms with van der Waals surface area (Å²) in [5.41, 5.74) is 0. The first-order valence-corrected chi connectivity index (χ1v) is 8.72. The van der Waals surface area contributed by atoms with Crippen LogP contribution in [0.25, 0.3) is 0 Å². The zero-order valence-corrected chi connectivity index (χ0v) is 13.6. The van der Waals surface area contributed by atoms with Crippen LogP contribution in [-0.4, -0.2) is 79.8 Å². The van der Waals surface area contributed by atoms with Crippen LogP contribution in [0, 0.1) is 0 Å². The number of rotatable bonds is 7. The average molecular weight is 282 g/mol. The molecule has 0 aliphatic carbocycles. The van der Waals surface area contributed by atoms with Crippen LogP contribution in [0.4, 0.5) is 0 Å². The minimum absolute atomic E-state index is 0.734. The summed E-state index contributed by atoms with van der Waals surface area (Å²) in [7, 11) is 0. The monoisotopic (exact) mass is 282 g/mol. The highest BCUT2D eigenvalue weighted by molar-refractivity contribution is 4.78. The van der Waals surface area contributed by atoms with Gasteiger partial charge in [-0.2, -0.15) is 0 Å². The fraction of sp³-hybridized carbons (Fsp3) is 1.00. The standard InChI is InChI=1S/C16H34N4/c1-3-18-13-9-17-16(14-18)8-5-6-10-20-12-7-11-19(4-2)15-20/h16-17H,3-15H2,1-2H3. The van der Waals surface area contributed by atoms with Crippen LogP contribution in [0.15, 0.2) is 0 Å². The first-order chi connectivity index (χ1) is 9.81. The van der Waals surface area contributed by atoms with Gasteiger partial charge in [0, 0.05) is 38.8 Å². The lowest BCUT2D eigenvalue weighted by Gasteiger charge is -2.35. The van der Waals surface area contributed by atoms with Gasteiger partial charge in [0.2, 0.25) is 0 Å². The highest BCUT2D eigenvalue weighted by atomic mass is 15.3. The molecule has 2 saturated heterocycles. The molecule has 1 unspecified atom stereocenters. The molecule has 0 aromatic rings. The highest BCUT2D eigenvalue weighted by Crippen LogP contribution is 2.10. The summed E-state index contributed by atoms with van der Waals surface area (Å²) >= 11 is 0. The molecule has 0 bridgehead atoms. The van der Waals surface area contributed by atoms with Gasteiger partial charge in [-0.25, -0.2) is 0 Å². The molecule has 2 aliphatic heterocycles. The van der Waals surface area contributed by atoms with E-state index in [1.807, 2.05) is 0 Å². The van der Waals surface area contributed by atoms with Crippen molar-refractivity contribution in [1.29, 1.82) is 0 Å². The molecule has 0 aromatic carbocycles. The zero-order chi connectivity index (χ0) is 14.2. The van der Waals surface area contributed by atoms with Gasteiger partial charge >= 0.3 is 0 Å². The number of nitrogens with zero attached hydrogens (tertiary/aromatic N) is 3. The Kier molecular flexibility index (Phi) is 7.28. The lowest BCUT2D eigenvalue weighted by molar-refractivity contribution is 0.0884. The van der Waals surface area contributed by atoms with E-state index < -0.39 is 0 Å². The predicted molar refractivity (Wildman–Crippen MR) is 86.1 cm³/mol. The van der Waals surface area contributed by atoms with Crippen LogP contribution in [0.3, 0.4) is 0 Å². The Morgan fingerprint density at radius 2 is 1.75 bits per heavy atom. The van der Waals surface area contributed by atoms with E-state index in [4.69, 9.17) is 0 Å². The van der Waals surface area contributed by atoms with Crippen molar-refractivity contribution in [1.82, 2.24) is 20.0 Å². The molecule has 0 aromatic heterocycles. The first kappa shape index (κ1) is 16.2. The van der Waals surface area contributed by atoms with Gasteiger partial charge in [0.15, 0.2) is 0 Å². The highest BCUT2D eigenvalue weighted by Gasteiger charge is 2.18. The van der Waals surface area contributed by atoms with Gasteiger partial charge in [-0.3, -0.25) is 9.80 Å². The zero-order valence-electron chi connectivity index (χ0n) is 13.6. The molecule has 2 heterocycles. The second kappa shape index (κ2) is 8.98. The normalized spacial score (nSPS) is 27.0. The number of nitrogens with one attached hydrogen (secondary N) is 1. The average Bonchev–Trinajstić information content (AvgIpc) is 2.52. The van der Waals surface area contributed by atoms with Crippen LogP contribution in [0.1, 0.15) is 39.5 Å². The molecule has 20 heavy (non-hydrogen) atoms. The minimum Gasteiger partial charge on any atom is -0.311 e. The van der Waals surface area contributed by atoms with Gasteiger partial charge in [-0.1, -0.05) is 20.3 Å². The van der Waals surface area contributed by atoms with Crippen molar-refractivity contribution < 1.29 is 0 Å². The quantitative estimate of drug-likeness (QED) is 0.713. The summed E-state index contributed by atoms with van der Waals surface area (Å²) in [6.07, 6.45) is 5.44. The summed E-state index contributed by atoms with van der Waals surface area (Å²) < 4.78 is 0. The van der Waals surface area contributed by atoms with E-state index in [1.165, 1.54) is 84.7 Å². The smallest absolute Gasteiger partial charge is 0.0506 e.